The molecule has 0 radical (unpaired) electrons. The molecule has 0 unspecified atom stereocenters. The van der Waals surface area contributed by atoms with Crippen LogP contribution in [0.15, 0.2) is 12.3 Å². The number of hydrogen-bond donors (Lipinski definition) is 2. The van der Waals surface area contributed by atoms with Crippen molar-refractivity contribution in [3.8, 4) is 5.75 Å². The molecule has 0 aliphatic heterocycles. The van der Waals surface area contributed by atoms with Crippen molar-refractivity contribution in [2.45, 2.75) is 0 Å². The van der Waals surface area contributed by atoms with Crippen LogP contribution in [-0.2, 0) is 0 Å². The lowest BCUT2D eigenvalue weighted by molar-refractivity contribution is -0.386. The van der Waals surface area contributed by atoms with E-state index < -0.39 is 16.4 Å². The first-order valence-corrected chi connectivity index (χ1v) is 2.70. The predicted octanol–water partition coefficient (Wildman–Crippen LogP) is 0.278. The molecule has 3 N–H and O–H groups in total. The van der Waals surface area contributed by atoms with Crippen molar-refractivity contribution in [1.82, 2.24) is 4.98 Å². The van der Waals surface area contributed by atoms with Crippen molar-refractivity contribution in [2.24, 2.45) is 0 Å². The van der Waals surface area contributed by atoms with Gasteiger partial charge in [0.25, 0.3) is 0 Å². The molecule has 0 aliphatic carbocycles. The second-order valence-corrected chi connectivity index (χ2v) is 1.85. The minimum atomic E-state index is -0.734. The lowest BCUT2D eigenvalue weighted by Gasteiger charge is -1.94. The number of aromatic nitrogens is 1. The van der Waals surface area contributed by atoms with Gasteiger partial charge in [-0.05, 0) is 0 Å². The zero-order valence-electron chi connectivity index (χ0n) is 5.39. The second kappa shape index (κ2) is 2.41. The lowest BCUT2D eigenvalue weighted by Crippen LogP contribution is -1.93. The number of nitro groups is 1. The summed E-state index contributed by atoms with van der Waals surface area (Å²) in [6.45, 7) is 0. The average molecular weight is 155 g/mol. The molecular weight excluding hydrogens is 150 g/mol. The average Bonchev–Trinajstić information content (AvgIpc) is 1.85. The van der Waals surface area contributed by atoms with Crippen molar-refractivity contribution in [2.75, 3.05) is 5.73 Å². The van der Waals surface area contributed by atoms with E-state index in [1.807, 2.05) is 0 Å². The fraction of sp³-hybridized carbons (Fsp3) is 0. The maximum atomic E-state index is 10.1. The monoisotopic (exact) mass is 155 g/mol. The quantitative estimate of drug-likeness (QED) is 0.447. The molecule has 0 aliphatic rings. The SMILES string of the molecule is Nc1cc(O)c([N+](=O)[O-])cn1. The molecule has 0 fully saturated rings. The lowest BCUT2D eigenvalue weighted by atomic mass is 10.4. The van der Waals surface area contributed by atoms with Crippen molar-refractivity contribution in [3.05, 3.63) is 22.4 Å². The highest BCUT2D eigenvalue weighted by atomic mass is 16.6. The molecule has 0 amide bonds. The van der Waals surface area contributed by atoms with Crippen molar-refractivity contribution < 1.29 is 10.0 Å². The first-order valence-electron chi connectivity index (χ1n) is 2.70. The molecule has 1 heterocycles. The third-order valence-corrected chi connectivity index (χ3v) is 1.08. The van der Waals surface area contributed by atoms with Gasteiger partial charge < -0.3 is 10.8 Å². The maximum absolute atomic E-state index is 10.1. The van der Waals surface area contributed by atoms with Gasteiger partial charge in [0.1, 0.15) is 12.0 Å². The third-order valence-electron chi connectivity index (χ3n) is 1.08. The first-order chi connectivity index (χ1) is 5.11. The van der Waals surface area contributed by atoms with Crippen molar-refractivity contribution in [1.29, 1.82) is 0 Å². The smallest absolute Gasteiger partial charge is 0.328 e. The van der Waals surface area contributed by atoms with Crippen LogP contribution in [0.25, 0.3) is 0 Å². The van der Waals surface area contributed by atoms with E-state index in [2.05, 4.69) is 4.98 Å². The van der Waals surface area contributed by atoms with Gasteiger partial charge in [-0.25, -0.2) is 4.98 Å². The van der Waals surface area contributed by atoms with Crippen LogP contribution in [0.1, 0.15) is 0 Å². The Morgan fingerprint density at radius 1 is 1.73 bits per heavy atom. The van der Waals surface area contributed by atoms with E-state index in [9.17, 15) is 10.1 Å². The Hall–Kier alpha value is -1.85. The number of nitrogen functional groups attached to an aromatic ring is 1. The van der Waals surface area contributed by atoms with Crippen LogP contribution < -0.4 is 5.73 Å². The van der Waals surface area contributed by atoms with Gasteiger partial charge in [0, 0.05) is 6.07 Å². The number of pyridine rings is 1. The summed E-state index contributed by atoms with van der Waals surface area (Å²) in [4.78, 5) is 12.8. The minimum absolute atomic E-state index is 0.0492. The van der Waals surface area contributed by atoms with Crippen LogP contribution in [0, 0.1) is 10.1 Å². The molecule has 0 saturated carbocycles. The Balaban J connectivity index is 3.20. The molecule has 0 aromatic carbocycles. The summed E-state index contributed by atoms with van der Waals surface area (Å²) in [5.74, 6) is -0.421. The first kappa shape index (κ1) is 7.26. The van der Waals surface area contributed by atoms with Crippen LogP contribution in [0.3, 0.4) is 0 Å². The van der Waals surface area contributed by atoms with E-state index in [1.54, 1.807) is 0 Å². The molecule has 0 bridgehead atoms. The molecule has 1 aromatic heterocycles. The highest BCUT2D eigenvalue weighted by Gasteiger charge is 2.12. The summed E-state index contributed by atoms with van der Waals surface area (Å²) in [6, 6.07) is 1.03. The van der Waals surface area contributed by atoms with E-state index in [4.69, 9.17) is 10.8 Å². The van der Waals surface area contributed by atoms with Crippen LogP contribution in [0.4, 0.5) is 11.5 Å². The molecule has 0 atom stereocenters. The molecule has 6 heteroatoms. The van der Waals surface area contributed by atoms with Gasteiger partial charge in [0.05, 0.1) is 4.92 Å². The Kier molecular flexibility index (Phi) is 1.59. The van der Waals surface area contributed by atoms with Gasteiger partial charge in [-0.3, -0.25) is 10.1 Å². The number of hydrogen-bond acceptors (Lipinski definition) is 5. The summed E-state index contributed by atoms with van der Waals surface area (Å²) >= 11 is 0. The molecule has 11 heavy (non-hydrogen) atoms. The van der Waals surface area contributed by atoms with Crippen LogP contribution in [0.5, 0.6) is 5.75 Å². The largest absolute Gasteiger partial charge is 0.502 e. The van der Waals surface area contributed by atoms with Gasteiger partial charge in [0.15, 0.2) is 5.75 Å². The highest BCUT2D eigenvalue weighted by molar-refractivity contribution is 5.49. The number of rotatable bonds is 1. The summed E-state index contributed by atoms with van der Waals surface area (Å²) in [5, 5.41) is 19.0. The summed E-state index contributed by atoms with van der Waals surface area (Å²) in [7, 11) is 0. The predicted molar refractivity (Wildman–Crippen MR) is 37.0 cm³/mol. The maximum Gasteiger partial charge on any atom is 0.328 e. The summed E-state index contributed by atoms with van der Waals surface area (Å²) in [5.41, 5.74) is 4.69. The van der Waals surface area contributed by atoms with E-state index in [-0.39, 0.29) is 5.82 Å². The number of aromatic hydroxyl groups is 1. The molecule has 0 saturated heterocycles. The van der Waals surface area contributed by atoms with Gasteiger partial charge in [0.2, 0.25) is 0 Å². The molecule has 6 nitrogen and oxygen atoms in total. The topological polar surface area (TPSA) is 102 Å². The van der Waals surface area contributed by atoms with Crippen LogP contribution in [-0.4, -0.2) is 15.0 Å². The van der Waals surface area contributed by atoms with Gasteiger partial charge in [-0.15, -0.1) is 0 Å². The van der Waals surface area contributed by atoms with E-state index in [1.165, 1.54) is 0 Å². The third kappa shape index (κ3) is 1.34. The zero-order valence-corrected chi connectivity index (χ0v) is 5.39. The van der Waals surface area contributed by atoms with Gasteiger partial charge in [-0.1, -0.05) is 0 Å². The van der Waals surface area contributed by atoms with E-state index in [0.29, 0.717) is 0 Å². The fourth-order valence-corrected chi connectivity index (χ4v) is 0.594. The van der Waals surface area contributed by atoms with Gasteiger partial charge in [-0.2, -0.15) is 0 Å². The fourth-order valence-electron chi connectivity index (χ4n) is 0.594. The second-order valence-electron chi connectivity index (χ2n) is 1.85. The number of anilines is 1. The summed E-state index contributed by atoms with van der Waals surface area (Å²) in [6.07, 6.45) is 0.907. The highest BCUT2D eigenvalue weighted by Crippen LogP contribution is 2.24. The van der Waals surface area contributed by atoms with Crippen LogP contribution in [0.2, 0.25) is 0 Å². The van der Waals surface area contributed by atoms with E-state index >= 15 is 0 Å². The van der Waals surface area contributed by atoms with E-state index in [0.717, 1.165) is 12.3 Å². The molecule has 58 valence electrons. The Morgan fingerprint density at radius 2 is 2.36 bits per heavy atom. The normalized spacial score (nSPS) is 9.45. The van der Waals surface area contributed by atoms with Crippen LogP contribution >= 0.6 is 0 Å². The Labute approximate surface area is 61.4 Å². The number of nitrogens with zero attached hydrogens (tertiary/aromatic N) is 2. The molecule has 1 aromatic rings. The minimum Gasteiger partial charge on any atom is -0.502 e. The van der Waals surface area contributed by atoms with Crippen molar-refractivity contribution in [3.63, 3.8) is 0 Å². The molecular formula is C5H5N3O3. The summed E-state index contributed by atoms with van der Waals surface area (Å²) < 4.78 is 0. The molecule has 1 rings (SSSR count). The number of nitrogens with two attached hydrogens (primary N) is 1. The van der Waals surface area contributed by atoms with Crippen molar-refractivity contribution >= 4 is 11.5 Å². The van der Waals surface area contributed by atoms with Gasteiger partial charge >= 0.3 is 5.69 Å². The Morgan fingerprint density at radius 3 is 2.82 bits per heavy atom. The Bertz CT molecular complexity index is 299. The molecule has 0 spiro atoms. The zero-order chi connectivity index (χ0) is 8.43. The standard InChI is InChI=1S/C5H5N3O3/c6-5-1-4(9)3(2-7-5)8(10)11/h1-2H,(H3,6,7,9).